The van der Waals surface area contributed by atoms with Gasteiger partial charge in [0, 0.05) is 37.2 Å². The highest BCUT2D eigenvalue weighted by Gasteiger charge is 2.11. The molecule has 16 heavy (non-hydrogen) atoms. The van der Waals surface area contributed by atoms with Gasteiger partial charge in [0.1, 0.15) is 0 Å². The first-order valence-corrected chi connectivity index (χ1v) is 6.58. The Morgan fingerprint density at radius 3 is 2.75 bits per heavy atom. The molecule has 1 rings (SSSR count). The van der Waals surface area contributed by atoms with Crippen molar-refractivity contribution in [1.29, 1.82) is 0 Å². The molecule has 1 heterocycles. The third-order valence-electron chi connectivity index (χ3n) is 2.57. The number of aromatic nitrogens is 1. The van der Waals surface area contributed by atoms with Gasteiger partial charge in [-0.05, 0) is 12.8 Å². The number of methoxy groups -OCH3 is 1. The van der Waals surface area contributed by atoms with Crippen LogP contribution in [0.4, 0.5) is 0 Å². The maximum absolute atomic E-state index is 5.20. The Morgan fingerprint density at radius 2 is 2.25 bits per heavy atom. The van der Waals surface area contributed by atoms with Crippen LogP contribution in [0.2, 0.25) is 0 Å². The summed E-state index contributed by atoms with van der Waals surface area (Å²) in [5, 5.41) is 4.73. The number of thiazole rings is 1. The molecule has 1 aromatic heterocycles. The van der Waals surface area contributed by atoms with Crippen LogP contribution < -0.4 is 5.32 Å². The van der Waals surface area contributed by atoms with Gasteiger partial charge in [-0.25, -0.2) is 4.98 Å². The van der Waals surface area contributed by atoms with Crippen molar-refractivity contribution in [2.24, 2.45) is 5.92 Å². The number of hydrogen-bond donors (Lipinski definition) is 1. The molecule has 1 atom stereocenters. The van der Waals surface area contributed by atoms with Gasteiger partial charge in [0.15, 0.2) is 0 Å². The molecule has 0 aliphatic heterocycles. The van der Waals surface area contributed by atoms with Crippen molar-refractivity contribution in [3.8, 4) is 0 Å². The van der Waals surface area contributed by atoms with E-state index in [1.54, 1.807) is 18.4 Å². The highest BCUT2D eigenvalue weighted by molar-refractivity contribution is 7.11. The zero-order chi connectivity index (χ0) is 12.0. The second kappa shape index (κ2) is 6.99. The molecule has 1 unspecified atom stereocenters. The molecule has 0 spiro atoms. The zero-order valence-electron chi connectivity index (χ0n) is 10.6. The number of aryl methyl sites for hydroxylation is 1. The number of nitrogens with zero attached hydrogens (tertiary/aromatic N) is 1. The van der Waals surface area contributed by atoms with Gasteiger partial charge < -0.3 is 10.1 Å². The van der Waals surface area contributed by atoms with Crippen LogP contribution in [0.25, 0.3) is 0 Å². The molecule has 0 aromatic carbocycles. The third-order valence-corrected chi connectivity index (χ3v) is 3.54. The molecule has 0 saturated carbocycles. The molecule has 0 fully saturated rings. The minimum atomic E-state index is 0.436. The van der Waals surface area contributed by atoms with Crippen LogP contribution in [0.5, 0.6) is 0 Å². The van der Waals surface area contributed by atoms with Crippen molar-refractivity contribution in [2.75, 3.05) is 20.3 Å². The molecule has 0 bridgehead atoms. The normalized spacial score (nSPS) is 13.3. The van der Waals surface area contributed by atoms with Gasteiger partial charge in [0.25, 0.3) is 0 Å². The van der Waals surface area contributed by atoms with Crippen molar-refractivity contribution in [2.45, 2.75) is 33.2 Å². The number of hydrogen-bond acceptors (Lipinski definition) is 4. The summed E-state index contributed by atoms with van der Waals surface area (Å²) in [6.45, 7) is 8.26. The Morgan fingerprint density at radius 1 is 1.50 bits per heavy atom. The van der Waals surface area contributed by atoms with Gasteiger partial charge in [0.2, 0.25) is 0 Å². The summed E-state index contributed by atoms with van der Waals surface area (Å²) in [4.78, 5) is 5.64. The lowest BCUT2D eigenvalue weighted by Gasteiger charge is -2.21. The molecule has 3 nitrogen and oxygen atoms in total. The van der Waals surface area contributed by atoms with E-state index in [9.17, 15) is 0 Å². The van der Waals surface area contributed by atoms with Crippen LogP contribution in [0.3, 0.4) is 0 Å². The van der Waals surface area contributed by atoms with Crippen LogP contribution in [-0.2, 0) is 11.2 Å². The highest BCUT2D eigenvalue weighted by Crippen LogP contribution is 2.11. The first-order chi connectivity index (χ1) is 7.63. The molecule has 0 amide bonds. The summed E-state index contributed by atoms with van der Waals surface area (Å²) >= 11 is 1.78. The lowest BCUT2D eigenvalue weighted by atomic mass is 10.1. The third kappa shape index (κ3) is 4.60. The average molecular weight is 242 g/mol. The van der Waals surface area contributed by atoms with Crippen molar-refractivity contribution in [3.05, 3.63) is 16.1 Å². The second-order valence-corrected chi connectivity index (χ2v) is 5.69. The van der Waals surface area contributed by atoms with Crippen LogP contribution in [0, 0.1) is 12.8 Å². The van der Waals surface area contributed by atoms with Crippen molar-refractivity contribution >= 4 is 11.3 Å². The van der Waals surface area contributed by atoms with E-state index in [4.69, 9.17) is 4.74 Å². The van der Waals surface area contributed by atoms with Gasteiger partial charge in [-0.15, -0.1) is 11.3 Å². The molecule has 1 N–H and O–H groups in total. The SMILES string of the molecule is COCC(NCCc1ncc(C)s1)C(C)C. The molecule has 0 aliphatic carbocycles. The van der Waals surface area contributed by atoms with Gasteiger partial charge in [-0.1, -0.05) is 13.8 Å². The Bertz CT molecular complexity index is 299. The van der Waals surface area contributed by atoms with Crippen molar-refractivity contribution in [1.82, 2.24) is 10.3 Å². The standard InChI is InChI=1S/C12H22N2OS/c1-9(2)11(8-15-4)13-6-5-12-14-7-10(3)16-12/h7,9,11,13H,5-6,8H2,1-4H3. The maximum atomic E-state index is 5.20. The van der Waals surface area contributed by atoms with E-state index < -0.39 is 0 Å². The first-order valence-electron chi connectivity index (χ1n) is 5.77. The van der Waals surface area contributed by atoms with Crippen LogP contribution in [0.1, 0.15) is 23.7 Å². The van der Waals surface area contributed by atoms with E-state index in [0.29, 0.717) is 12.0 Å². The summed E-state index contributed by atoms with van der Waals surface area (Å²) in [5.41, 5.74) is 0. The van der Waals surface area contributed by atoms with Crippen molar-refractivity contribution < 1.29 is 4.74 Å². The van der Waals surface area contributed by atoms with Gasteiger partial charge >= 0.3 is 0 Å². The highest BCUT2D eigenvalue weighted by atomic mass is 32.1. The average Bonchev–Trinajstić information content (AvgIpc) is 2.63. The fourth-order valence-corrected chi connectivity index (χ4v) is 2.33. The fourth-order valence-electron chi connectivity index (χ4n) is 1.55. The maximum Gasteiger partial charge on any atom is 0.0940 e. The quantitative estimate of drug-likeness (QED) is 0.796. The molecule has 1 aromatic rings. The monoisotopic (exact) mass is 242 g/mol. The number of nitrogens with one attached hydrogen (secondary N) is 1. The summed E-state index contributed by atoms with van der Waals surface area (Å²) in [6, 6.07) is 0.436. The molecule has 0 radical (unpaired) electrons. The predicted octanol–water partition coefficient (Wildman–Crippen LogP) is 2.25. The van der Waals surface area contributed by atoms with E-state index in [1.807, 2.05) is 6.20 Å². The van der Waals surface area contributed by atoms with Crippen LogP contribution in [-0.4, -0.2) is 31.3 Å². The van der Waals surface area contributed by atoms with Crippen molar-refractivity contribution in [3.63, 3.8) is 0 Å². The second-order valence-electron chi connectivity index (χ2n) is 4.37. The van der Waals surface area contributed by atoms with E-state index in [-0.39, 0.29) is 0 Å². The van der Waals surface area contributed by atoms with Crippen LogP contribution in [0.15, 0.2) is 6.20 Å². The lowest BCUT2D eigenvalue weighted by Crippen LogP contribution is -2.38. The fraction of sp³-hybridized carbons (Fsp3) is 0.750. The largest absolute Gasteiger partial charge is 0.383 e. The smallest absolute Gasteiger partial charge is 0.0940 e. The molecular formula is C12H22N2OS. The van der Waals surface area contributed by atoms with Gasteiger partial charge in [0.05, 0.1) is 11.6 Å². The summed E-state index contributed by atoms with van der Waals surface area (Å²) in [6.07, 6.45) is 2.94. The molecular weight excluding hydrogens is 220 g/mol. The predicted molar refractivity (Wildman–Crippen MR) is 69.1 cm³/mol. The molecule has 92 valence electrons. The summed E-state index contributed by atoms with van der Waals surface area (Å²) in [5.74, 6) is 0.595. The van der Waals surface area contributed by atoms with Gasteiger partial charge in [-0.2, -0.15) is 0 Å². The Hall–Kier alpha value is -0.450. The van der Waals surface area contributed by atoms with E-state index in [2.05, 4.69) is 31.1 Å². The molecule has 0 saturated heterocycles. The topological polar surface area (TPSA) is 34.1 Å². The van der Waals surface area contributed by atoms with E-state index in [0.717, 1.165) is 19.6 Å². The van der Waals surface area contributed by atoms with Gasteiger partial charge in [-0.3, -0.25) is 0 Å². The van der Waals surface area contributed by atoms with E-state index in [1.165, 1.54) is 9.88 Å². The first kappa shape index (κ1) is 13.6. The summed E-state index contributed by atoms with van der Waals surface area (Å²) < 4.78 is 5.20. The lowest BCUT2D eigenvalue weighted by molar-refractivity contribution is 0.147. The summed E-state index contributed by atoms with van der Waals surface area (Å²) in [7, 11) is 1.75. The number of ether oxygens (including phenoxy) is 1. The van der Waals surface area contributed by atoms with E-state index >= 15 is 0 Å². The minimum absolute atomic E-state index is 0.436. The molecule has 0 aliphatic rings. The Labute approximate surface area is 102 Å². The Kier molecular flexibility index (Phi) is 5.95. The molecule has 4 heteroatoms. The van der Waals surface area contributed by atoms with Crippen LogP contribution >= 0.6 is 11.3 Å². The number of rotatable bonds is 7. The minimum Gasteiger partial charge on any atom is -0.383 e. The Balaban J connectivity index is 2.27. The zero-order valence-corrected chi connectivity index (χ0v) is 11.4.